The summed E-state index contributed by atoms with van der Waals surface area (Å²) in [6.07, 6.45) is 1.79. The van der Waals surface area contributed by atoms with Gasteiger partial charge in [0.05, 0.1) is 5.92 Å². The Kier molecular flexibility index (Phi) is 8.65. The number of amides is 2. The Labute approximate surface area is 194 Å². The summed E-state index contributed by atoms with van der Waals surface area (Å²) in [5, 5.41) is 11.9. The maximum absolute atomic E-state index is 13.3. The van der Waals surface area contributed by atoms with Crippen molar-refractivity contribution >= 4 is 12.0 Å². The first-order chi connectivity index (χ1) is 15.8. The third kappa shape index (κ3) is 7.46. The molecule has 0 radical (unpaired) electrons. The van der Waals surface area contributed by atoms with Crippen LogP contribution in [0.2, 0.25) is 0 Å². The van der Waals surface area contributed by atoms with Gasteiger partial charge in [0, 0.05) is 19.1 Å². The fraction of sp³-hybridized carbons (Fsp3) is 0.440. The number of carbonyl (C=O) groups excluding carboxylic acids is 1. The second-order valence-corrected chi connectivity index (χ2v) is 8.64. The zero-order chi connectivity index (χ0) is 23.8. The molecule has 2 aromatic carbocycles. The van der Waals surface area contributed by atoms with E-state index in [-0.39, 0.29) is 24.5 Å². The number of carboxylic acid groups (broad SMARTS) is 1. The second-order valence-electron chi connectivity index (χ2n) is 8.64. The number of likely N-dealkylation sites (tertiary alicyclic amines) is 1. The highest BCUT2D eigenvalue weighted by Gasteiger charge is 2.27. The molecule has 178 valence electrons. The van der Waals surface area contributed by atoms with Crippen LogP contribution in [0.15, 0.2) is 48.5 Å². The molecular formula is C25H32FN3O4. The number of hydrogen-bond donors (Lipinski definition) is 2. The second kappa shape index (κ2) is 11.7. The standard InChI is InChI=1S/C25H32FN3O4/c1-18(24(30)31)17-33-23-9-5-19(6-10-23)15-27-25(32)29(22-11-13-28(2)14-12-22)16-20-3-7-21(26)8-4-20/h3-10,18,22H,11-17H2,1-2H3,(H,27,32)(H,30,31). The molecule has 2 amide bonds. The van der Waals surface area contributed by atoms with Crippen molar-refractivity contribution in [1.29, 1.82) is 0 Å². The molecule has 0 aliphatic carbocycles. The number of nitrogens with one attached hydrogen (secondary N) is 1. The molecule has 1 saturated heterocycles. The number of aliphatic carboxylic acids is 1. The zero-order valence-corrected chi connectivity index (χ0v) is 19.2. The number of nitrogens with zero attached hydrogens (tertiary/aromatic N) is 2. The number of urea groups is 1. The molecule has 3 rings (SSSR count). The van der Waals surface area contributed by atoms with Crippen LogP contribution in [0.5, 0.6) is 5.75 Å². The Bertz CT molecular complexity index is 912. The predicted octanol–water partition coefficient (Wildman–Crippen LogP) is 3.73. The van der Waals surface area contributed by atoms with Gasteiger partial charge in [-0.1, -0.05) is 24.3 Å². The maximum Gasteiger partial charge on any atom is 0.318 e. The van der Waals surface area contributed by atoms with Crippen LogP contribution in [0.1, 0.15) is 30.9 Å². The van der Waals surface area contributed by atoms with Crippen LogP contribution in [-0.4, -0.2) is 59.7 Å². The van der Waals surface area contributed by atoms with E-state index in [9.17, 15) is 14.0 Å². The third-order valence-corrected chi connectivity index (χ3v) is 5.94. The summed E-state index contributed by atoms with van der Waals surface area (Å²) in [7, 11) is 2.08. The van der Waals surface area contributed by atoms with Gasteiger partial charge in [-0.3, -0.25) is 4.79 Å². The highest BCUT2D eigenvalue weighted by Crippen LogP contribution is 2.19. The Morgan fingerprint density at radius 1 is 1.12 bits per heavy atom. The minimum absolute atomic E-state index is 0.0976. The molecule has 0 bridgehead atoms. The van der Waals surface area contributed by atoms with Gasteiger partial charge in [0.2, 0.25) is 0 Å². The average Bonchev–Trinajstić information content (AvgIpc) is 2.82. The van der Waals surface area contributed by atoms with Crippen molar-refractivity contribution in [2.24, 2.45) is 5.92 Å². The first kappa shape index (κ1) is 24.5. The smallest absolute Gasteiger partial charge is 0.318 e. The molecule has 0 spiro atoms. The van der Waals surface area contributed by atoms with Gasteiger partial charge in [-0.2, -0.15) is 0 Å². The summed E-state index contributed by atoms with van der Waals surface area (Å²) in [6, 6.07) is 13.5. The topological polar surface area (TPSA) is 82.1 Å². The average molecular weight is 458 g/mol. The number of ether oxygens (including phenoxy) is 1. The largest absolute Gasteiger partial charge is 0.493 e. The Balaban J connectivity index is 1.59. The van der Waals surface area contributed by atoms with E-state index in [0.717, 1.165) is 37.1 Å². The van der Waals surface area contributed by atoms with Crippen LogP contribution in [0.3, 0.4) is 0 Å². The van der Waals surface area contributed by atoms with Gasteiger partial charge in [0.25, 0.3) is 0 Å². The number of benzene rings is 2. The van der Waals surface area contributed by atoms with Crippen molar-refractivity contribution in [2.45, 2.75) is 38.9 Å². The van der Waals surface area contributed by atoms with Crippen LogP contribution in [0.25, 0.3) is 0 Å². The molecule has 1 atom stereocenters. The van der Waals surface area contributed by atoms with Crippen LogP contribution < -0.4 is 10.1 Å². The maximum atomic E-state index is 13.3. The van der Waals surface area contributed by atoms with Crippen LogP contribution in [-0.2, 0) is 17.9 Å². The number of carboxylic acids is 1. The van der Waals surface area contributed by atoms with Gasteiger partial charge < -0.3 is 25.0 Å². The van der Waals surface area contributed by atoms with Crippen LogP contribution >= 0.6 is 0 Å². The fourth-order valence-corrected chi connectivity index (χ4v) is 3.74. The van der Waals surface area contributed by atoms with Gasteiger partial charge in [-0.05, 0) is 75.3 Å². The predicted molar refractivity (Wildman–Crippen MR) is 123 cm³/mol. The first-order valence-corrected chi connectivity index (χ1v) is 11.2. The van der Waals surface area contributed by atoms with Crippen molar-refractivity contribution < 1.29 is 23.8 Å². The lowest BCUT2D eigenvalue weighted by Gasteiger charge is -2.37. The van der Waals surface area contributed by atoms with Gasteiger partial charge in [0.15, 0.2) is 0 Å². The van der Waals surface area contributed by atoms with E-state index < -0.39 is 11.9 Å². The molecule has 33 heavy (non-hydrogen) atoms. The minimum Gasteiger partial charge on any atom is -0.493 e. The van der Waals surface area contributed by atoms with E-state index >= 15 is 0 Å². The molecule has 0 saturated carbocycles. The first-order valence-electron chi connectivity index (χ1n) is 11.2. The Morgan fingerprint density at radius 2 is 1.73 bits per heavy atom. The van der Waals surface area contributed by atoms with Crippen molar-refractivity contribution in [3.8, 4) is 5.75 Å². The highest BCUT2D eigenvalue weighted by atomic mass is 19.1. The van der Waals surface area contributed by atoms with Gasteiger partial charge in [-0.15, -0.1) is 0 Å². The van der Waals surface area contributed by atoms with Gasteiger partial charge in [0.1, 0.15) is 18.2 Å². The van der Waals surface area contributed by atoms with E-state index in [4.69, 9.17) is 9.84 Å². The van der Waals surface area contributed by atoms with E-state index in [1.54, 1.807) is 31.2 Å². The van der Waals surface area contributed by atoms with Crippen molar-refractivity contribution in [3.05, 3.63) is 65.5 Å². The SMILES string of the molecule is CC(COc1ccc(CNC(=O)N(Cc2ccc(F)cc2)C2CCN(C)CC2)cc1)C(=O)O. The van der Waals surface area contributed by atoms with Crippen molar-refractivity contribution in [2.75, 3.05) is 26.7 Å². The number of piperidine rings is 1. The summed E-state index contributed by atoms with van der Waals surface area (Å²) in [4.78, 5) is 28.1. The summed E-state index contributed by atoms with van der Waals surface area (Å²) in [5.74, 6) is -1.19. The lowest BCUT2D eigenvalue weighted by atomic mass is 10.0. The minimum atomic E-state index is -0.899. The lowest BCUT2D eigenvalue weighted by Crippen LogP contribution is -2.49. The van der Waals surface area contributed by atoms with E-state index in [0.29, 0.717) is 18.8 Å². The zero-order valence-electron chi connectivity index (χ0n) is 19.2. The fourth-order valence-electron chi connectivity index (χ4n) is 3.74. The van der Waals surface area contributed by atoms with Gasteiger partial charge in [-0.25, -0.2) is 9.18 Å². The number of carbonyl (C=O) groups is 2. The van der Waals surface area contributed by atoms with Gasteiger partial charge >= 0.3 is 12.0 Å². The van der Waals surface area contributed by atoms with E-state index in [2.05, 4.69) is 17.3 Å². The number of rotatable bonds is 9. The van der Waals surface area contributed by atoms with Crippen molar-refractivity contribution in [1.82, 2.24) is 15.1 Å². The molecule has 1 heterocycles. The molecule has 1 aliphatic heterocycles. The third-order valence-electron chi connectivity index (χ3n) is 5.94. The highest BCUT2D eigenvalue weighted by molar-refractivity contribution is 5.74. The molecule has 1 fully saturated rings. The summed E-state index contributed by atoms with van der Waals surface area (Å²) >= 11 is 0. The van der Waals surface area contributed by atoms with E-state index in [1.807, 2.05) is 17.0 Å². The molecule has 1 aliphatic rings. The molecule has 8 heteroatoms. The Morgan fingerprint density at radius 3 is 2.33 bits per heavy atom. The normalized spacial score (nSPS) is 15.6. The monoisotopic (exact) mass is 457 g/mol. The summed E-state index contributed by atoms with van der Waals surface area (Å²) in [6.45, 7) is 4.33. The lowest BCUT2D eigenvalue weighted by molar-refractivity contribution is -0.142. The summed E-state index contributed by atoms with van der Waals surface area (Å²) in [5.41, 5.74) is 1.80. The quantitative estimate of drug-likeness (QED) is 0.600. The number of hydrogen-bond acceptors (Lipinski definition) is 4. The summed E-state index contributed by atoms with van der Waals surface area (Å²) < 4.78 is 18.8. The molecular weight excluding hydrogens is 425 g/mol. The molecule has 0 aromatic heterocycles. The van der Waals surface area contributed by atoms with Crippen LogP contribution in [0, 0.1) is 11.7 Å². The molecule has 2 aromatic rings. The molecule has 1 unspecified atom stereocenters. The van der Waals surface area contributed by atoms with Crippen LogP contribution in [0.4, 0.5) is 9.18 Å². The van der Waals surface area contributed by atoms with E-state index in [1.165, 1.54) is 12.1 Å². The molecule has 2 N–H and O–H groups in total. The molecule has 7 nitrogen and oxygen atoms in total. The Hall–Kier alpha value is -3.13. The number of halogens is 1. The van der Waals surface area contributed by atoms with Crippen molar-refractivity contribution in [3.63, 3.8) is 0 Å².